The van der Waals surface area contributed by atoms with E-state index in [0.29, 0.717) is 10.7 Å². The molecule has 0 unspecified atom stereocenters. The smallest absolute Gasteiger partial charge is 0.293 e. The van der Waals surface area contributed by atoms with E-state index in [2.05, 4.69) is 25.2 Å². The SMILES string of the molecule is COCCCn1nc(NS(C)(=O)=O)c2c(Cl)ccc(-n3c([C@H](Cc4cc(F)cc(F)c4)NC(=O)Cn4nc(C(F)F)c5c4C(F)(F)[C@@H]4C[C@H]54)nc4nc(C5CCC(F)(F)CC5)cc(Cl)c4c3=O)c21. The monoisotopic (exact) mass is 1020 g/mol. The summed E-state index contributed by atoms with van der Waals surface area (Å²) in [5.74, 6) is -13.1. The second-order valence-corrected chi connectivity index (χ2v) is 19.9. The predicted molar refractivity (Wildman–Crippen MR) is 232 cm³/mol. The number of hydrogen-bond acceptors (Lipinski definition) is 9. The topological polar surface area (TPSA) is 168 Å². The van der Waals surface area contributed by atoms with Crippen molar-refractivity contribution in [2.75, 3.05) is 24.7 Å². The molecule has 362 valence electrons. The first kappa shape index (κ1) is 47.7. The molecule has 0 saturated heterocycles. The normalized spacial score (nSPS) is 19.1. The number of nitrogens with one attached hydrogen (secondary N) is 2. The van der Waals surface area contributed by atoms with Crippen molar-refractivity contribution in [2.24, 2.45) is 5.92 Å². The summed E-state index contributed by atoms with van der Waals surface area (Å²) in [6.07, 6.45) is -3.63. The van der Waals surface area contributed by atoms with Crippen LogP contribution in [0.2, 0.25) is 10.0 Å². The number of ether oxygens (including phenoxy) is 1. The first-order chi connectivity index (χ1) is 32.0. The molecule has 25 heteroatoms. The van der Waals surface area contributed by atoms with Gasteiger partial charge in [-0.2, -0.15) is 19.0 Å². The number of alkyl halides is 6. The Bertz CT molecular complexity index is 3170. The van der Waals surface area contributed by atoms with Crippen molar-refractivity contribution in [3.8, 4) is 5.69 Å². The van der Waals surface area contributed by atoms with Crippen LogP contribution in [0.25, 0.3) is 27.6 Å². The lowest BCUT2D eigenvalue weighted by Crippen LogP contribution is -2.38. The number of carbonyl (C=O) groups excluding carboxylic acids is 1. The average Bonchev–Trinajstić information content (AvgIpc) is 3.76. The highest BCUT2D eigenvalue weighted by Crippen LogP contribution is 2.68. The van der Waals surface area contributed by atoms with Crippen molar-refractivity contribution in [2.45, 2.75) is 94.2 Å². The van der Waals surface area contributed by atoms with Crippen LogP contribution < -0.4 is 15.6 Å². The number of nitrogens with zero attached hydrogens (tertiary/aromatic N) is 7. The van der Waals surface area contributed by atoms with Crippen LogP contribution in [0.3, 0.4) is 0 Å². The van der Waals surface area contributed by atoms with Gasteiger partial charge in [-0.3, -0.25) is 28.2 Å². The maximum absolute atomic E-state index is 15.6. The van der Waals surface area contributed by atoms with E-state index in [1.165, 1.54) is 30.0 Å². The fourth-order valence-corrected chi connectivity index (χ4v) is 10.5. The van der Waals surface area contributed by atoms with Gasteiger partial charge in [-0.1, -0.05) is 23.2 Å². The first-order valence-corrected chi connectivity index (χ1v) is 23.9. The van der Waals surface area contributed by atoms with E-state index in [-0.39, 0.29) is 99.1 Å². The van der Waals surface area contributed by atoms with Gasteiger partial charge in [0.1, 0.15) is 40.8 Å². The highest BCUT2D eigenvalue weighted by molar-refractivity contribution is 7.92. The van der Waals surface area contributed by atoms with E-state index in [4.69, 9.17) is 32.9 Å². The number of hydrogen-bond donors (Lipinski definition) is 2. The van der Waals surface area contributed by atoms with Gasteiger partial charge in [0, 0.05) is 68.7 Å². The first-order valence-electron chi connectivity index (χ1n) is 21.2. The zero-order valence-corrected chi connectivity index (χ0v) is 38.1. The molecule has 4 heterocycles. The number of aryl methyl sites for hydroxylation is 1. The molecule has 2 saturated carbocycles. The lowest BCUT2D eigenvalue weighted by molar-refractivity contribution is -0.123. The third-order valence-electron chi connectivity index (χ3n) is 12.5. The fourth-order valence-electron chi connectivity index (χ4n) is 9.52. The van der Waals surface area contributed by atoms with E-state index in [9.17, 15) is 39.6 Å². The van der Waals surface area contributed by atoms with Gasteiger partial charge >= 0.3 is 0 Å². The lowest BCUT2D eigenvalue weighted by atomic mass is 9.84. The second kappa shape index (κ2) is 17.5. The van der Waals surface area contributed by atoms with Gasteiger partial charge in [0.2, 0.25) is 21.9 Å². The number of methoxy groups -OCH3 is 1. The van der Waals surface area contributed by atoms with E-state index in [1.54, 1.807) is 0 Å². The molecule has 14 nitrogen and oxygen atoms in total. The summed E-state index contributed by atoms with van der Waals surface area (Å²) in [5.41, 5.74) is -3.36. The molecule has 2 fully saturated rings. The van der Waals surface area contributed by atoms with Crippen LogP contribution in [0.15, 0.2) is 41.2 Å². The molecule has 3 atom stereocenters. The summed E-state index contributed by atoms with van der Waals surface area (Å²) in [6, 6.07) is 4.78. The number of benzene rings is 2. The summed E-state index contributed by atoms with van der Waals surface area (Å²) in [7, 11) is -2.57. The number of halogens is 10. The van der Waals surface area contributed by atoms with Crippen LogP contribution in [0.4, 0.5) is 40.9 Å². The summed E-state index contributed by atoms with van der Waals surface area (Å²) >= 11 is 13.6. The number of carbonyl (C=O) groups is 1. The molecule has 68 heavy (non-hydrogen) atoms. The maximum atomic E-state index is 15.6. The van der Waals surface area contributed by atoms with Crippen LogP contribution in [0.1, 0.15) is 96.9 Å². The second-order valence-electron chi connectivity index (χ2n) is 17.3. The van der Waals surface area contributed by atoms with E-state index in [1.807, 2.05) is 0 Å². The van der Waals surface area contributed by atoms with Gasteiger partial charge in [-0.15, -0.1) is 0 Å². The number of fused-ring (bicyclic) bond motifs is 5. The molecule has 2 aromatic carbocycles. The van der Waals surface area contributed by atoms with Gasteiger partial charge in [-0.25, -0.2) is 44.7 Å². The Morgan fingerprint density at radius 3 is 2.34 bits per heavy atom. The lowest BCUT2D eigenvalue weighted by Gasteiger charge is -2.28. The van der Waals surface area contributed by atoms with Crippen molar-refractivity contribution in [3.05, 3.63) is 102 Å². The number of anilines is 1. The van der Waals surface area contributed by atoms with Crippen LogP contribution in [0, 0.1) is 17.6 Å². The number of pyridine rings is 1. The van der Waals surface area contributed by atoms with Gasteiger partial charge in [0.15, 0.2) is 11.5 Å². The minimum atomic E-state index is -4.02. The zero-order valence-electron chi connectivity index (χ0n) is 35.8. The van der Waals surface area contributed by atoms with Crippen molar-refractivity contribution in [1.82, 2.24) is 39.4 Å². The minimum Gasteiger partial charge on any atom is -0.385 e. The Morgan fingerprint density at radius 1 is 0.971 bits per heavy atom. The van der Waals surface area contributed by atoms with Crippen LogP contribution in [-0.4, -0.2) is 74.3 Å². The molecule has 0 radical (unpaired) electrons. The quantitative estimate of drug-likeness (QED) is 0.0755. The molecule has 0 aliphatic heterocycles. The van der Waals surface area contributed by atoms with Gasteiger partial charge in [0.05, 0.1) is 38.9 Å². The molecule has 4 aromatic heterocycles. The highest BCUT2D eigenvalue weighted by Gasteiger charge is 2.67. The van der Waals surface area contributed by atoms with Crippen LogP contribution in [-0.2, 0) is 45.0 Å². The highest BCUT2D eigenvalue weighted by atomic mass is 35.5. The Labute approximate surface area is 391 Å². The Morgan fingerprint density at radius 2 is 1.68 bits per heavy atom. The molecule has 3 aliphatic rings. The molecular weight excluding hydrogens is 977 g/mol. The Hall–Kier alpha value is -5.39. The predicted octanol–water partition coefficient (Wildman–Crippen LogP) is 8.86. The maximum Gasteiger partial charge on any atom is 0.293 e. The van der Waals surface area contributed by atoms with Crippen molar-refractivity contribution in [1.29, 1.82) is 0 Å². The zero-order chi connectivity index (χ0) is 48.8. The van der Waals surface area contributed by atoms with E-state index < -0.39 is 118 Å². The van der Waals surface area contributed by atoms with Gasteiger partial charge in [0.25, 0.3) is 17.9 Å². The summed E-state index contributed by atoms with van der Waals surface area (Å²) in [5, 5.41) is 10.3. The standard InChI is InChI=1S/C43H39Cl2F8N9O5S/c1-67-11-3-10-60-35-29(5-4-25(44)32(35)39(58-60)59-68(2,65)66)62-40(56-38-33(41(62)64)26(45)17-27(55-38)20-6-8-42(50,51)9-7-20)28(14-19-12-21(46)15-22(47)13-19)54-30(63)18-61-36-31(34(57-61)37(48)49)23-16-24(23)43(36,52)53/h4-5,12-13,15,17,20,23-24,28,37H,3,6-11,14,16,18H2,1-2H3,(H,54,63)(H,58,59)/t23-,24+,28-/m0/s1. The average molecular weight is 1020 g/mol. The summed E-state index contributed by atoms with van der Waals surface area (Å²) in [4.78, 5) is 39.0. The number of aromatic nitrogens is 7. The van der Waals surface area contributed by atoms with Gasteiger partial charge in [-0.05, 0) is 67.5 Å². The fraction of sp³-hybridized carbons (Fsp3) is 0.442. The van der Waals surface area contributed by atoms with Crippen LogP contribution >= 0.6 is 23.2 Å². The summed E-state index contributed by atoms with van der Waals surface area (Å²) < 4.78 is 154. The number of sulfonamides is 1. The molecule has 2 N–H and O–H groups in total. The van der Waals surface area contributed by atoms with Crippen molar-refractivity contribution >= 4 is 66.9 Å². The molecule has 3 aliphatic carbocycles. The molecule has 1 amide bonds. The largest absolute Gasteiger partial charge is 0.385 e. The molecule has 9 rings (SSSR count). The molecular formula is C43H39Cl2F8N9O5S. The Balaban J connectivity index is 1.27. The molecule has 0 spiro atoms. The van der Waals surface area contributed by atoms with E-state index >= 15 is 13.6 Å². The molecule has 0 bridgehead atoms. The van der Waals surface area contributed by atoms with Crippen molar-refractivity contribution in [3.63, 3.8) is 0 Å². The molecule has 6 aromatic rings. The third kappa shape index (κ3) is 8.89. The van der Waals surface area contributed by atoms with Crippen LogP contribution in [0.5, 0.6) is 0 Å². The van der Waals surface area contributed by atoms with Gasteiger partial charge < -0.3 is 10.1 Å². The third-order valence-corrected chi connectivity index (χ3v) is 13.7. The summed E-state index contributed by atoms with van der Waals surface area (Å²) in [6.45, 7) is -0.834. The minimum absolute atomic E-state index is 0.000184. The van der Waals surface area contributed by atoms with E-state index in [0.717, 1.165) is 23.0 Å². The number of amides is 1. The van der Waals surface area contributed by atoms with Crippen molar-refractivity contribution < 1.29 is 53.1 Å². The number of rotatable bonds is 15. The Kier molecular flexibility index (Phi) is 12.3.